The first-order valence-corrected chi connectivity index (χ1v) is 12.5. The van der Waals surface area contributed by atoms with Crippen molar-refractivity contribution in [3.8, 4) is 17.2 Å². The molecule has 2 aromatic carbocycles. The Morgan fingerprint density at radius 2 is 1.76 bits per heavy atom. The molecule has 2 unspecified atom stereocenters. The third kappa shape index (κ3) is 3.31. The van der Waals surface area contributed by atoms with E-state index in [1.807, 2.05) is 6.08 Å². The van der Waals surface area contributed by atoms with Gasteiger partial charge in [0.15, 0.2) is 23.1 Å². The van der Waals surface area contributed by atoms with E-state index in [1.54, 1.807) is 62.4 Å². The first-order chi connectivity index (χ1) is 18.3. The highest BCUT2D eigenvalue weighted by Crippen LogP contribution is 2.52. The molecule has 3 aliphatic rings. The number of phenolic OH excluding ortho intramolecular Hbond substituents is 1. The maximum absolute atomic E-state index is 13.7. The van der Waals surface area contributed by atoms with Crippen molar-refractivity contribution in [2.45, 2.75) is 38.8 Å². The van der Waals surface area contributed by atoms with Gasteiger partial charge in [0.05, 0.1) is 24.9 Å². The van der Waals surface area contributed by atoms with Gasteiger partial charge in [-0.25, -0.2) is 23.5 Å². The third-order valence-corrected chi connectivity index (χ3v) is 7.48. The molecule has 2 atom stereocenters. The van der Waals surface area contributed by atoms with Gasteiger partial charge < -0.3 is 9.84 Å². The topological polar surface area (TPSA) is 113 Å². The molecule has 0 radical (unpaired) electrons. The van der Waals surface area contributed by atoms with Crippen LogP contribution in [0.5, 0.6) is 11.5 Å². The molecule has 38 heavy (non-hydrogen) atoms. The lowest BCUT2D eigenvalue weighted by Gasteiger charge is -2.39. The van der Waals surface area contributed by atoms with E-state index in [9.17, 15) is 24.3 Å². The second-order valence-electron chi connectivity index (χ2n) is 9.56. The van der Waals surface area contributed by atoms with Gasteiger partial charge in [0.2, 0.25) is 0 Å². The standard InChI is InChI=1S/C29H25N3O6/c1-3-38-23-11-7-10-19(27(23)35)24-18-12-13-30-28(36)31(17-8-5-4-6-9-17)29(37)32(30)21(18)15-20-25(24)22(33)14-16(2)26(20)34/h4-12,14,21,24,35H,3,13,15H2,1-2H3. The summed E-state index contributed by atoms with van der Waals surface area (Å²) < 4.78 is 9.46. The molecule has 3 aromatic rings. The van der Waals surface area contributed by atoms with E-state index in [2.05, 4.69) is 0 Å². The molecule has 9 nitrogen and oxygen atoms in total. The number of ether oxygens (including phenoxy) is 1. The highest BCUT2D eigenvalue weighted by molar-refractivity contribution is 6.23. The summed E-state index contributed by atoms with van der Waals surface area (Å²) in [5.74, 6) is -1.24. The minimum absolute atomic E-state index is 0.0808. The summed E-state index contributed by atoms with van der Waals surface area (Å²) in [5.41, 5.74) is 1.39. The molecule has 2 aliphatic carbocycles. The van der Waals surface area contributed by atoms with Crippen molar-refractivity contribution in [3.05, 3.63) is 110 Å². The highest BCUT2D eigenvalue weighted by atomic mass is 16.5. The Labute approximate surface area is 217 Å². The molecule has 1 aromatic heterocycles. The second kappa shape index (κ2) is 8.72. The Morgan fingerprint density at radius 1 is 1.00 bits per heavy atom. The van der Waals surface area contributed by atoms with Crippen molar-refractivity contribution in [2.75, 3.05) is 6.61 Å². The monoisotopic (exact) mass is 511 g/mol. The SMILES string of the molecule is CCOc1cccc(C2C3=CCn4c(=O)n(-c5ccccc5)c(=O)n4C3CC3=C2C(=O)C=C(C)C3=O)c1O. The average molecular weight is 512 g/mol. The lowest BCUT2D eigenvalue weighted by molar-refractivity contribution is -0.116. The Balaban J connectivity index is 1.60. The summed E-state index contributed by atoms with van der Waals surface area (Å²) in [6.45, 7) is 3.82. The number of benzene rings is 2. The molecule has 9 heteroatoms. The lowest BCUT2D eigenvalue weighted by Crippen LogP contribution is -2.40. The molecule has 0 spiro atoms. The summed E-state index contributed by atoms with van der Waals surface area (Å²) >= 11 is 0. The molecule has 192 valence electrons. The van der Waals surface area contributed by atoms with E-state index in [0.29, 0.717) is 40.2 Å². The summed E-state index contributed by atoms with van der Waals surface area (Å²) in [7, 11) is 0. The van der Waals surface area contributed by atoms with E-state index in [0.717, 1.165) is 4.57 Å². The molecule has 6 rings (SSSR count). The van der Waals surface area contributed by atoms with Crippen molar-refractivity contribution >= 4 is 11.6 Å². The summed E-state index contributed by atoms with van der Waals surface area (Å²) in [5, 5.41) is 11.2. The number of ketones is 2. The number of phenols is 1. The smallest absolute Gasteiger partial charge is 0.352 e. The first kappa shape index (κ1) is 23.7. The van der Waals surface area contributed by atoms with Gasteiger partial charge in [-0.2, -0.15) is 0 Å². The molecule has 0 fully saturated rings. The largest absolute Gasteiger partial charge is 0.504 e. The fraction of sp³-hybridized carbons (Fsp3) is 0.241. The van der Waals surface area contributed by atoms with E-state index in [4.69, 9.17) is 4.74 Å². The number of fused-ring (bicyclic) bond motifs is 3. The molecule has 0 saturated heterocycles. The molecule has 2 heterocycles. The lowest BCUT2D eigenvalue weighted by atomic mass is 9.67. The van der Waals surface area contributed by atoms with Crippen LogP contribution in [-0.4, -0.2) is 37.2 Å². The number of nitrogens with zero attached hydrogens (tertiary/aromatic N) is 3. The van der Waals surface area contributed by atoms with Gasteiger partial charge in [-0.15, -0.1) is 0 Å². The van der Waals surface area contributed by atoms with E-state index in [-0.39, 0.29) is 36.0 Å². The fourth-order valence-electron chi connectivity index (χ4n) is 5.85. The Morgan fingerprint density at radius 3 is 2.50 bits per heavy atom. The van der Waals surface area contributed by atoms with Gasteiger partial charge in [-0.1, -0.05) is 36.4 Å². The Bertz CT molecular complexity index is 1730. The van der Waals surface area contributed by atoms with Crippen LogP contribution in [0.25, 0.3) is 5.69 Å². The van der Waals surface area contributed by atoms with Crippen LogP contribution in [0, 0.1) is 0 Å². The number of allylic oxidation sites excluding steroid dienone is 6. The Kier molecular flexibility index (Phi) is 5.45. The van der Waals surface area contributed by atoms with Gasteiger partial charge in [0.1, 0.15) is 0 Å². The van der Waals surface area contributed by atoms with Crippen LogP contribution in [0.4, 0.5) is 0 Å². The normalized spacial score (nSPS) is 20.4. The fourth-order valence-corrected chi connectivity index (χ4v) is 5.85. The second-order valence-corrected chi connectivity index (χ2v) is 9.56. The van der Waals surface area contributed by atoms with Crippen LogP contribution in [0.3, 0.4) is 0 Å². The highest BCUT2D eigenvalue weighted by Gasteiger charge is 2.45. The average Bonchev–Trinajstić information content (AvgIpc) is 3.18. The zero-order chi connectivity index (χ0) is 26.7. The molecule has 1 aliphatic heterocycles. The van der Waals surface area contributed by atoms with Crippen LogP contribution < -0.4 is 16.1 Å². The van der Waals surface area contributed by atoms with Gasteiger partial charge in [0, 0.05) is 34.6 Å². The van der Waals surface area contributed by atoms with Crippen molar-refractivity contribution < 1.29 is 19.4 Å². The molecule has 1 N–H and O–H groups in total. The molecular weight excluding hydrogens is 486 g/mol. The maximum Gasteiger partial charge on any atom is 0.352 e. The van der Waals surface area contributed by atoms with Crippen molar-refractivity contribution in [3.63, 3.8) is 0 Å². The summed E-state index contributed by atoms with van der Waals surface area (Å²) in [6.07, 6.45) is 3.23. The molecule has 0 amide bonds. The number of hydrogen-bond acceptors (Lipinski definition) is 6. The van der Waals surface area contributed by atoms with E-state index < -0.39 is 23.3 Å². The molecular formula is C29H25N3O6. The zero-order valence-electron chi connectivity index (χ0n) is 20.9. The maximum atomic E-state index is 13.7. The molecule has 0 saturated carbocycles. The van der Waals surface area contributed by atoms with E-state index in [1.165, 1.54) is 15.4 Å². The van der Waals surface area contributed by atoms with Crippen molar-refractivity contribution in [1.29, 1.82) is 0 Å². The van der Waals surface area contributed by atoms with Crippen LogP contribution in [0.2, 0.25) is 0 Å². The van der Waals surface area contributed by atoms with Crippen LogP contribution in [0.1, 0.15) is 37.8 Å². The number of Topliss-reactive ketones (excluding diaryl/α,β-unsaturated/α-hetero) is 1. The Hall–Kier alpha value is -4.66. The minimum Gasteiger partial charge on any atom is -0.504 e. The van der Waals surface area contributed by atoms with Crippen LogP contribution >= 0.6 is 0 Å². The number of carbonyl (C=O) groups excluding carboxylic acids is 2. The predicted molar refractivity (Wildman–Crippen MR) is 139 cm³/mol. The third-order valence-electron chi connectivity index (χ3n) is 7.48. The van der Waals surface area contributed by atoms with Gasteiger partial charge >= 0.3 is 11.4 Å². The van der Waals surface area contributed by atoms with Crippen molar-refractivity contribution in [2.24, 2.45) is 0 Å². The van der Waals surface area contributed by atoms with Crippen molar-refractivity contribution in [1.82, 2.24) is 13.9 Å². The minimum atomic E-state index is -0.791. The number of aromatic hydroxyl groups is 1. The predicted octanol–water partition coefficient (Wildman–Crippen LogP) is 2.97. The van der Waals surface area contributed by atoms with E-state index >= 15 is 0 Å². The van der Waals surface area contributed by atoms with Gasteiger partial charge in [-0.3, -0.25) is 9.59 Å². The number of aromatic nitrogens is 3. The number of carbonyl (C=O) groups is 2. The summed E-state index contributed by atoms with van der Waals surface area (Å²) in [4.78, 5) is 53.8. The number of rotatable bonds is 4. The number of para-hydroxylation sites is 2. The van der Waals surface area contributed by atoms with Gasteiger partial charge in [0.25, 0.3) is 0 Å². The number of hydrogen-bond donors (Lipinski definition) is 1. The first-order valence-electron chi connectivity index (χ1n) is 12.5. The van der Waals surface area contributed by atoms with Crippen LogP contribution in [0.15, 0.2) is 92.6 Å². The van der Waals surface area contributed by atoms with Gasteiger partial charge in [-0.05, 0) is 43.7 Å². The van der Waals surface area contributed by atoms with Crippen LogP contribution in [-0.2, 0) is 16.1 Å². The zero-order valence-corrected chi connectivity index (χ0v) is 20.9. The quantitative estimate of drug-likeness (QED) is 0.426. The molecule has 0 bridgehead atoms. The summed E-state index contributed by atoms with van der Waals surface area (Å²) in [6, 6.07) is 13.0.